The fourth-order valence-electron chi connectivity index (χ4n) is 2.01. The minimum absolute atomic E-state index is 0.0137. The molecule has 116 valence electrons. The molecule has 0 bridgehead atoms. The zero-order valence-corrected chi connectivity index (χ0v) is 13.1. The summed E-state index contributed by atoms with van der Waals surface area (Å²) >= 11 is 0. The number of hydrogen-bond donors (Lipinski definition) is 0. The van der Waals surface area contributed by atoms with Gasteiger partial charge in [0, 0.05) is 13.6 Å². The second-order valence-corrected chi connectivity index (χ2v) is 5.41. The highest BCUT2D eigenvalue weighted by Crippen LogP contribution is 2.16. The van der Waals surface area contributed by atoms with Crippen molar-refractivity contribution in [2.75, 3.05) is 13.7 Å². The molecule has 0 aliphatic heterocycles. The molecular weight excluding hydrogens is 281 g/mol. The first-order chi connectivity index (χ1) is 10.5. The molecule has 0 heterocycles. The number of halogens is 1. The molecule has 22 heavy (non-hydrogen) atoms. The number of ether oxygens (including phenoxy) is 1. The van der Waals surface area contributed by atoms with Crippen molar-refractivity contribution in [3.8, 4) is 5.75 Å². The van der Waals surface area contributed by atoms with Crippen molar-refractivity contribution in [1.29, 1.82) is 0 Å². The molecule has 0 saturated carbocycles. The van der Waals surface area contributed by atoms with Crippen LogP contribution in [0.3, 0.4) is 0 Å². The Kier molecular flexibility index (Phi) is 5.15. The zero-order valence-electron chi connectivity index (χ0n) is 13.1. The Morgan fingerprint density at radius 1 is 1.09 bits per heavy atom. The van der Waals surface area contributed by atoms with Crippen molar-refractivity contribution in [3.63, 3.8) is 0 Å². The van der Waals surface area contributed by atoms with Crippen molar-refractivity contribution >= 4 is 5.91 Å². The summed E-state index contributed by atoms with van der Waals surface area (Å²) in [6, 6.07) is 11.9. The van der Waals surface area contributed by atoms with Crippen molar-refractivity contribution in [3.05, 3.63) is 65.0 Å². The third kappa shape index (κ3) is 4.32. The van der Waals surface area contributed by atoms with Crippen LogP contribution in [-0.4, -0.2) is 24.5 Å². The molecule has 0 saturated heterocycles. The average molecular weight is 301 g/mol. The molecule has 0 aliphatic rings. The van der Waals surface area contributed by atoms with Crippen LogP contribution in [0.1, 0.15) is 16.7 Å². The Morgan fingerprint density at radius 3 is 2.41 bits per heavy atom. The van der Waals surface area contributed by atoms with Crippen LogP contribution in [0, 0.1) is 19.7 Å². The van der Waals surface area contributed by atoms with E-state index in [1.165, 1.54) is 17.7 Å². The lowest BCUT2D eigenvalue weighted by Crippen LogP contribution is -2.30. The predicted molar refractivity (Wildman–Crippen MR) is 84.3 cm³/mol. The van der Waals surface area contributed by atoms with Gasteiger partial charge in [-0.3, -0.25) is 4.79 Å². The van der Waals surface area contributed by atoms with Crippen LogP contribution in [0.2, 0.25) is 0 Å². The van der Waals surface area contributed by atoms with Gasteiger partial charge in [-0.1, -0.05) is 18.2 Å². The summed E-state index contributed by atoms with van der Waals surface area (Å²) in [4.78, 5) is 13.6. The molecular formula is C18H20FNO2. The maximum absolute atomic E-state index is 12.9. The third-order valence-electron chi connectivity index (χ3n) is 3.60. The number of carbonyl (C=O) groups excluding carboxylic acids is 1. The van der Waals surface area contributed by atoms with E-state index in [1.54, 1.807) is 24.1 Å². The van der Waals surface area contributed by atoms with Gasteiger partial charge in [-0.15, -0.1) is 0 Å². The lowest BCUT2D eigenvalue weighted by molar-refractivity contribution is -0.132. The van der Waals surface area contributed by atoms with E-state index in [1.807, 2.05) is 32.0 Å². The minimum Gasteiger partial charge on any atom is -0.484 e. The molecule has 4 heteroatoms. The molecule has 1 amide bonds. The van der Waals surface area contributed by atoms with Crippen molar-refractivity contribution < 1.29 is 13.9 Å². The summed E-state index contributed by atoms with van der Waals surface area (Å²) < 4.78 is 18.4. The molecule has 0 unspecified atom stereocenters. The monoisotopic (exact) mass is 301 g/mol. The number of rotatable bonds is 5. The van der Waals surface area contributed by atoms with Crippen molar-refractivity contribution in [2.45, 2.75) is 20.4 Å². The van der Waals surface area contributed by atoms with E-state index in [2.05, 4.69) is 0 Å². The van der Waals surface area contributed by atoms with Gasteiger partial charge in [0.25, 0.3) is 5.91 Å². The van der Waals surface area contributed by atoms with Crippen LogP contribution in [0.25, 0.3) is 0 Å². The summed E-state index contributed by atoms with van der Waals surface area (Å²) in [6.45, 7) is 4.45. The maximum atomic E-state index is 12.9. The standard InChI is InChI=1S/C18H20FNO2/c1-13-4-9-17(10-14(13)2)22-12-18(21)20(3)11-15-5-7-16(19)8-6-15/h4-10H,11-12H2,1-3H3. The number of aryl methyl sites for hydroxylation is 2. The van der Waals surface area contributed by atoms with Crippen molar-refractivity contribution in [1.82, 2.24) is 4.90 Å². The first-order valence-corrected chi connectivity index (χ1v) is 7.14. The SMILES string of the molecule is Cc1ccc(OCC(=O)N(C)Cc2ccc(F)cc2)cc1C. The first kappa shape index (κ1) is 16.0. The second kappa shape index (κ2) is 7.07. The predicted octanol–water partition coefficient (Wildman–Crippen LogP) is 3.48. The summed E-state index contributed by atoms with van der Waals surface area (Å²) in [5.41, 5.74) is 3.19. The topological polar surface area (TPSA) is 29.5 Å². The van der Waals surface area contributed by atoms with E-state index >= 15 is 0 Å². The molecule has 0 radical (unpaired) electrons. The van der Waals surface area contributed by atoms with Gasteiger partial charge in [0.15, 0.2) is 6.61 Å². The Bertz CT molecular complexity index is 653. The Morgan fingerprint density at radius 2 is 1.77 bits per heavy atom. The smallest absolute Gasteiger partial charge is 0.260 e. The van der Waals surface area contributed by atoms with E-state index in [0.29, 0.717) is 12.3 Å². The number of amides is 1. The third-order valence-corrected chi connectivity index (χ3v) is 3.60. The van der Waals surface area contributed by atoms with Crippen LogP contribution < -0.4 is 4.74 Å². The molecule has 2 rings (SSSR count). The fraction of sp³-hybridized carbons (Fsp3) is 0.278. The van der Waals surface area contributed by atoms with Gasteiger partial charge >= 0.3 is 0 Å². The second-order valence-electron chi connectivity index (χ2n) is 5.41. The largest absolute Gasteiger partial charge is 0.484 e. The number of hydrogen-bond acceptors (Lipinski definition) is 2. The lowest BCUT2D eigenvalue weighted by atomic mass is 10.1. The first-order valence-electron chi connectivity index (χ1n) is 7.14. The molecule has 0 spiro atoms. The van der Waals surface area contributed by atoms with Gasteiger partial charge in [-0.25, -0.2) is 4.39 Å². The molecule has 2 aromatic rings. The van der Waals surface area contributed by atoms with Gasteiger partial charge in [0.05, 0.1) is 0 Å². The van der Waals surface area contributed by atoms with Gasteiger partial charge < -0.3 is 9.64 Å². The van der Waals surface area contributed by atoms with Crippen molar-refractivity contribution in [2.24, 2.45) is 0 Å². The summed E-state index contributed by atoms with van der Waals surface area (Å²) in [5, 5.41) is 0. The van der Waals surface area contributed by atoms with E-state index in [0.717, 1.165) is 11.1 Å². The number of carbonyl (C=O) groups is 1. The van der Waals surface area contributed by atoms with E-state index in [-0.39, 0.29) is 18.3 Å². The molecule has 3 nitrogen and oxygen atoms in total. The highest BCUT2D eigenvalue weighted by Gasteiger charge is 2.10. The molecule has 0 fully saturated rings. The minimum atomic E-state index is -0.282. The normalized spacial score (nSPS) is 10.4. The zero-order chi connectivity index (χ0) is 16.1. The summed E-state index contributed by atoms with van der Waals surface area (Å²) in [7, 11) is 1.70. The van der Waals surface area contributed by atoms with Crippen LogP contribution in [0.4, 0.5) is 4.39 Å². The van der Waals surface area contributed by atoms with Crippen LogP contribution >= 0.6 is 0 Å². The lowest BCUT2D eigenvalue weighted by Gasteiger charge is -2.18. The van der Waals surface area contributed by atoms with Gasteiger partial charge in [-0.05, 0) is 54.8 Å². The van der Waals surface area contributed by atoms with Crippen LogP contribution in [-0.2, 0) is 11.3 Å². The van der Waals surface area contributed by atoms with Crippen LogP contribution in [0.5, 0.6) is 5.75 Å². The molecule has 2 aromatic carbocycles. The quantitative estimate of drug-likeness (QED) is 0.846. The maximum Gasteiger partial charge on any atom is 0.260 e. The van der Waals surface area contributed by atoms with Gasteiger partial charge in [0.2, 0.25) is 0 Å². The summed E-state index contributed by atoms with van der Waals surface area (Å²) in [6.07, 6.45) is 0. The molecule has 0 atom stereocenters. The van der Waals surface area contributed by atoms with Gasteiger partial charge in [-0.2, -0.15) is 0 Å². The number of nitrogens with zero attached hydrogens (tertiary/aromatic N) is 1. The van der Waals surface area contributed by atoms with Crippen LogP contribution in [0.15, 0.2) is 42.5 Å². The summed E-state index contributed by atoms with van der Waals surface area (Å²) in [5.74, 6) is 0.282. The Hall–Kier alpha value is -2.36. The molecule has 0 N–H and O–H groups in total. The number of benzene rings is 2. The average Bonchev–Trinajstić information content (AvgIpc) is 2.50. The van der Waals surface area contributed by atoms with E-state index in [9.17, 15) is 9.18 Å². The fourth-order valence-corrected chi connectivity index (χ4v) is 2.01. The molecule has 0 aliphatic carbocycles. The highest BCUT2D eigenvalue weighted by atomic mass is 19.1. The Balaban J connectivity index is 1.88. The Labute approximate surface area is 130 Å². The molecule has 0 aromatic heterocycles. The van der Waals surface area contributed by atoms with E-state index < -0.39 is 0 Å². The number of likely N-dealkylation sites (N-methyl/N-ethyl adjacent to an activating group) is 1. The van der Waals surface area contributed by atoms with E-state index in [4.69, 9.17) is 4.74 Å². The highest BCUT2D eigenvalue weighted by molar-refractivity contribution is 5.77. The van der Waals surface area contributed by atoms with Gasteiger partial charge in [0.1, 0.15) is 11.6 Å².